The van der Waals surface area contributed by atoms with E-state index in [4.69, 9.17) is 0 Å². The summed E-state index contributed by atoms with van der Waals surface area (Å²) < 4.78 is 0. The summed E-state index contributed by atoms with van der Waals surface area (Å²) >= 11 is 1.54. The molecule has 126 valence electrons. The van der Waals surface area contributed by atoms with Crippen LogP contribution in [0.1, 0.15) is 46.5 Å². The van der Waals surface area contributed by atoms with Crippen molar-refractivity contribution in [3.8, 4) is 0 Å². The van der Waals surface area contributed by atoms with E-state index in [1.165, 1.54) is 26.2 Å². The predicted octanol–water partition coefficient (Wildman–Crippen LogP) is 3.82. The van der Waals surface area contributed by atoms with Gasteiger partial charge in [-0.1, -0.05) is 19.8 Å². The van der Waals surface area contributed by atoms with Crippen LogP contribution in [-0.4, -0.2) is 23.1 Å². The van der Waals surface area contributed by atoms with Crippen LogP contribution in [0.2, 0.25) is 0 Å². The van der Waals surface area contributed by atoms with Crippen LogP contribution in [0.3, 0.4) is 0 Å². The van der Waals surface area contributed by atoms with Crippen molar-refractivity contribution in [3.05, 3.63) is 24.3 Å². The van der Waals surface area contributed by atoms with Crippen LogP contribution in [0.25, 0.3) is 0 Å². The van der Waals surface area contributed by atoms with Crippen molar-refractivity contribution in [2.45, 2.75) is 62.6 Å². The molecule has 1 aromatic rings. The molecule has 0 heterocycles. The summed E-state index contributed by atoms with van der Waals surface area (Å²) in [7, 11) is 0. The van der Waals surface area contributed by atoms with Crippen molar-refractivity contribution < 1.29 is 9.59 Å². The zero-order chi connectivity index (χ0) is 16.8. The smallest absolute Gasteiger partial charge is 0.233 e. The zero-order valence-corrected chi connectivity index (χ0v) is 14.9. The first-order valence-corrected chi connectivity index (χ1v) is 9.18. The molecule has 0 bridgehead atoms. The minimum Gasteiger partial charge on any atom is -0.352 e. The summed E-state index contributed by atoms with van der Waals surface area (Å²) in [5.41, 5.74) is 0.773. The number of benzene rings is 1. The van der Waals surface area contributed by atoms with Crippen molar-refractivity contribution in [2.24, 2.45) is 5.92 Å². The SMILES string of the molecule is CC(=O)Nc1ccc(S[C@H](C)C(=O)N[C@@H]2CCCC[C@H]2C)cc1. The molecule has 2 rings (SSSR count). The topological polar surface area (TPSA) is 58.2 Å². The maximum atomic E-state index is 12.4. The van der Waals surface area contributed by atoms with Crippen LogP contribution in [0.15, 0.2) is 29.2 Å². The Hall–Kier alpha value is -1.49. The van der Waals surface area contributed by atoms with Crippen molar-refractivity contribution in [2.75, 3.05) is 5.32 Å². The van der Waals surface area contributed by atoms with E-state index < -0.39 is 0 Å². The van der Waals surface area contributed by atoms with Crippen LogP contribution >= 0.6 is 11.8 Å². The molecule has 0 unspecified atom stereocenters. The van der Waals surface area contributed by atoms with Gasteiger partial charge < -0.3 is 10.6 Å². The third-order valence-electron chi connectivity index (χ3n) is 4.30. The summed E-state index contributed by atoms with van der Waals surface area (Å²) in [5.74, 6) is 0.598. The highest BCUT2D eigenvalue weighted by atomic mass is 32.2. The highest BCUT2D eigenvalue weighted by Gasteiger charge is 2.25. The average molecular weight is 334 g/mol. The van der Waals surface area contributed by atoms with Crippen molar-refractivity contribution in [1.29, 1.82) is 0 Å². The number of hydrogen-bond acceptors (Lipinski definition) is 3. The standard InChI is InChI=1S/C18H26N2O2S/c1-12-6-4-5-7-17(12)20-18(22)13(2)23-16-10-8-15(9-11-16)19-14(3)21/h8-13,17H,4-7H2,1-3H3,(H,19,21)(H,20,22)/t12-,13-,17-/m1/s1. The average Bonchev–Trinajstić information content (AvgIpc) is 2.51. The lowest BCUT2D eigenvalue weighted by molar-refractivity contribution is -0.121. The molecule has 0 aromatic heterocycles. The zero-order valence-electron chi connectivity index (χ0n) is 14.1. The second kappa shape index (κ2) is 8.39. The third kappa shape index (κ3) is 5.57. The molecule has 0 saturated heterocycles. The highest BCUT2D eigenvalue weighted by Crippen LogP contribution is 2.27. The van der Waals surface area contributed by atoms with Gasteiger partial charge in [-0.25, -0.2) is 0 Å². The third-order valence-corrected chi connectivity index (χ3v) is 5.41. The second-order valence-electron chi connectivity index (χ2n) is 6.34. The van der Waals surface area contributed by atoms with Crippen LogP contribution in [0.5, 0.6) is 0 Å². The lowest BCUT2D eigenvalue weighted by atomic mass is 9.86. The molecule has 2 N–H and O–H groups in total. The van der Waals surface area contributed by atoms with E-state index in [1.807, 2.05) is 31.2 Å². The Labute approximate surface area is 142 Å². The summed E-state index contributed by atoms with van der Waals surface area (Å²) in [4.78, 5) is 24.4. The van der Waals surface area contributed by atoms with Gasteiger partial charge in [0.05, 0.1) is 5.25 Å². The minimum absolute atomic E-state index is 0.0836. The fourth-order valence-corrected chi connectivity index (χ4v) is 3.79. The van der Waals surface area contributed by atoms with E-state index in [9.17, 15) is 9.59 Å². The molecule has 1 aliphatic rings. The Balaban J connectivity index is 1.86. The van der Waals surface area contributed by atoms with Gasteiger partial charge in [0, 0.05) is 23.5 Å². The van der Waals surface area contributed by atoms with Crippen LogP contribution in [0.4, 0.5) is 5.69 Å². The number of carbonyl (C=O) groups excluding carboxylic acids is 2. The van der Waals surface area contributed by atoms with Gasteiger partial charge in [0.1, 0.15) is 0 Å². The molecule has 1 aromatic carbocycles. The van der Waals surface area contributed by atoms with Crippen LogP contribution in [0, 0.1) is 5.92 Å². The molecular formula is C18H26N2O2S. The molecule has 5 heteroatoms. The Morgan fingerprint density at radius 2 is 1.83 bits per heavy atom. The summed E-state index contributed by atoms with van der Waals surface area (Å²) in [6.45, 7) is 5.65. The normalized spacial score (nSPS) is 22.2. The van der Waals surface area contributed by atoms with E-state index in [0.29, 0.717) is 12.0 Å². The second-order valence-corrected chi connectivity index (χ2v) is 7.76. The predicted molar refractivity (Wildman–Crippen MR) is 95.6 cm³/mol. The molecule has 0 aliphatic heterocycles. The Morgan fingerprint density at radius 3 is 2.43 bits per heavy atom. The van der Waals surface area contributed by atoms with Gasteiger partial charge in [-0.2, -0.15) is 0 Å². The summed E-state index contributed by atoms with van der Waals surface area (Å²) in [6, 6.07) is 7.91. The minimum atomic E-state index is -0.129. The number of nitrogens with one attached hydrogen (secondary N) is 2. The fraction of sp³-hybridized carbons (Fsp3) is 0.556. The first kappa shape index (κ1) is 17.9. The maximum absolute atomic E-state index is 12.4. The quantitative estimate of drug-likeness (QED) is 0.805. The molecular weight excluding hydrogens is 308 g/mol. The van der Waals surface area contributed by atoms with Gasteiger partial charge >= 0.3 is 0 Å². The van der Waals surface area contributed by atoms with E-state index in [-0.39, 0.29) is 17.1 Å². The molecule has 1 saturated carbocycles. The lowest BCUT2D eigenvalue weighted by Crippen LogP contribution is -2.44. The van der Waals surface area contributed by atoms with Crippen LogP contribution in [-0.2, 0) is 9.59 Å². The molecule has 0 radical (unpaired) electrons. The number of amides is 2. The largest absolute Gasteiger partial charge is 0.352 e. The molecule has 3 atom stereocenters. The van der Waals surface area contributed by atoms with Gasteiger partial charge in [0.15, 0.2) is 0 Å². The first-order valence-electron chi connectivity index (χ1n) is 8.30. The van der Waals surface area contributed by atoms with Crippen molar-refractivity contribution >= 4 is 29.3 Å². The summed E-state index contributed by atoms with van der Waals surface area (Å²) in [6.07, 6.45) is 4.78. The molecule has 1 aliphatic carbocycles. The Kier molecular flexibility index (Phi) is 6.51. The molecule has 4 nitrogen and oxygen atoms in total. The van der Waals surface area contributed by atoms with Gasteiger partial charge in [0.2, 0.25) is 11.8 Å². The van der Waals surface area contributed by atoms with Gasteiger partial charge in [-0.15, -0.1) is 11.8 Å². The Bertz CT molecular complexity index is 544. The van der Waals surface area contributed by atoms with E-state index in [1.54, 1.807) is 11.8 Å². The van der Waals surface area contributed by atoms with E-state index in [2.05, 4.69) is 17.6 Å². The van der Waals surface area contributed by atoms with Crippen LogP contribution < -0.4 is 10.6 Å². The number of rotatable bonds is 5. The first-order chi connectivity index (χ1) is 11.0. The lowest BCUT2D eigenvalue weighted by Gasteiger charge is -2.30. The Morgan fingerprint density at radius 1 is 1.17 bits per heavy atom. The van der Waals surface area contributed by atoms with Crippen molar-refractivity contribution in [1.82, 2.24) is 5.32 Å². The number of anilines is 1. The van der Waals surface area contributed by atoms with Gasteiger partial charge in [0.25, 0.3) is 0 Å². The number of thioether (sulfide) groups is 1. The molecule has 1 fully saturated rings. The van der Waals surface area contributed by atoms with Gasteiger partial charge in [-0.3, -0.25) is 9.59 Å². The van der Waals surface area contributed by atoms with Crippen molar-refractivity contribution in [3.63, 3.8) is 0 Å². The number of hydrogen-bond donors (Lipinski definition) is 2. The van der Waals surface area contributed by atoms with E-state index in [0.717, 1.165) is 17.0 Å². The molecule has 0 spiro atoms. The van der Waals surface area contributed by atoms with E-state index >= 15 is 0 Å². The molecule has 2 amide bonds. The number of carbonyl (C=O) groups is 2. The summed E-state index contributed by atoms with van der Waals surface area (Å²) in [5, 5.41) is 5.82. The highest BCUT2D eigenvalue weighted by molar-refractivity contribution is 8.00. The molecule has 23 heavy (non-hydrogen) atoms. The van der Waals surface area contributed by atoms with Gasteiger partial charge in [-0.05, 0) is 49.9 Å². The maximum Gasteiger partial charge on any atom is 0.233 e. The fourth-order valence-electron chi connectivity index (χ4n) is 2.91. The monoisotopic (exact) mass is 334 g/mol.